The van der Waals surface area contributed by atoms with E-state index in [1.165, 1.54) is 23.6 Å². The maximum absolute atomic E-state index is 13.1. The van der Waals surface area contributed by atoms with Crippen molar-refractivity contribution in [3.8, 4) is 16.9 Å². The third-order valence-electron chi connectivity index (χ3n) is 5.39. The molecule has 168 valence electrons. The molecule has 0 aliphatic carbocycles. The topological polar surface area (TPSA) is 78.5 Å². The van der Waals surface area contributed by atoms with Crippen LogP contribution in [0.25, 0.3) is 11.1 Å². The van der Waals surface area contributed by atoms with Crippen LogP contribution in [0.1, 0.15) is 11.1 Å². The third-order valence-corrected chi connectivity index (χ3v) is 6.07. The molecule has 1 aliphatic rings. The summed E-state index contributed by atoms with van der Waals surface area (Å²) in [5.41, 5.74) is 8.40. The van der Waals surface area contributed by atoms with Crippen molar-refractivity contribution >= 4 is 28.6 Å². The number of halogens is 3. The van der Waals surface area contributed by atoms with Crippen molar-refractivity contribution in [2.45, 2.75) is 6.36 Å². The quantitative estimate of drug-likeness (QED) is 0.549. The average molecular weight is 462 g/mol. The molecule has 2 aromatic heterocycles. The van der Waals surface area contributed by atoms with Crippen molar-refractivity contribution in [2.75, 3.05) is 43.9 Å². The van der Waals surface area contributed by atoms with E-state index < -0.39 is 12.1 Å². The smallest absolute Gasteiger partial charge is 0.405 e. The molecule has 1 saturated heterocycles. The van der Waals surface area contributed by atoms with E-state index in [0.717, 1.165) is 37.4 Å². The van der Waals surface area contributed by atoms with Gasteiger partial charge in [0, 0.05) is 43.6 Å². The van der Waals surface area contributed by atoms with Crippen LogP contribution in [-0.4, -0.2) is 55.2 Å². The third kappa shape index (κ3) is 4.71. The molecule has 6 nitrogen and oxygen atoms in total. The second-order valence-electron chi connectivity index (χ2n) is 7.52. The molecule has 0 spiro atoms. The van der Waals surface area contributed by atoms with Crippen LogP contribution in [0.2, 0.25) is 0 Å². The van der Waals surface area contributed by atoms with Gasteiger partial charge in [-0.25, -0.2) is 4.98 Å². The first-order valence-electron chi connectivity index (χ1n) is 9.92. The summed E-state index contributed by atoms with van der Waals surface area (Å²) in [7, 11) is 2.02. The molecule has 3 aromatic rings. The summed E-state index contributed by atoms with van der Waals surface area (Å²) in [6, 6.07) is 8.00. The Morgan fingerprint density at radius 3 is 2.56 bits per heavy atom. The second kappa shape index (κ2) is 8.79. The molecule has 1 fully saturated rings. The van der Waals surface area contributed by atoms with Crippen molar-refractivity contribution in [1.29, 1.82) is 5.41 Å². The number of nitrogens with one attached hydrogen (secondary N) is 1. The maximum Gasteiger partial charge on any atom is 0.573 e. The molecule has 0 atom stereocenters. The zero-order chi connectivity index (χ0) is 22.9. The van der Waals surface area contributed by atoms with Gasteiger partial charge in [0.2, 0.25) is 0 Å². The van der Waals surface area contributed by atoms with E-state index in [-0.39, 0.29) is 22.7 Å². The van der Waals surface area contributed by atoms with E-state index >= 15 is 0 Å². The first kappa shape index (κ1) is 22.1. The van der Waals surface area contributed by atoms with Crippen molar-refractivity contribution < 1.29 is 17.9 Å². The highest BCUT2D eigenvalue weighted by Gasteiger charge is 2.33. The van der Waals surface area contributed by atoms with E-state index in [1.807, 2.05) is 23.9 Å². The number of benzene rings is 1. The van der Waals surface area contributed by atoms with E-state index in [4.69, 9.17) is 11.1 Å². The number of ether oxygens (including phenoxy) is 1. The Labute approximate surface area is 187 Å². The lowest BCUT2D eigenvalue weighted by Crippen LogP contribution is -2.44. The summed E-state index contributed by atoms with van der Waals surface area (Å²) in [5.74, 6) is -0.374. The largest absolute Gasteiger partial charge is 0.573 e. The molecule has 0 bridgehead atoms. The fourth-order valence-electron chi connectivity index (χ4n) is 3.72. The Bertz CT molecular complexity index is 1110. The number of nitrogens with zero attached hydrogens (tertiary/aromatic N) is 3. The number of rotatable bonds is 5. The molecule has 0 amide bonds. The summed E-state index contributed by atoms with van der Waals surface area (Å²) in [6.07, 6.45) is -3.37. The number of alkyl halides is 3. The van der Waals surface area contributed by atoms with Gasteiger partial charge < -0.3 is 20.3 Å². The van der Waals surface area contributed by atoms with E-state index in [0.29, 0.717) is 5.56 Å². The van der Waals surface area contributed by atoms with Crippen LogP contribution in [0, 0.1) is 5.41 Å². The Hall–Kier alpha value is -3.11. The fraction of sp³-hybridized carbons (Fsp3) is 0.273. The molecule has 32 heavy (non-hydrogen) atoms. The molecule has 3 heterocycles. The molecule has 0 saturated carbocycles. The minimum absolute atomic E-state index is 0.00920. The molecule has 0 unspecified atom stereocenters. The van der Waals surface area contributed by atoms with E-state index in [9.17, 15) is 13.2 Å². The van der Waals surface area contributed by atoms with Gasteiger partial charge in [0.05, 0.1) is 11.3 Å². The highest BCUT2D eigenvalue weighted by molar-refractivity contribution is 7.08. The molecule has 4 rings (SSSR count). The Morgan fingerprint density at radius 1 is 1.16 bits per heavy atom. The van der Waals surface area contributed by atoms with Gasteiger partial charge in [-0.15, -0.1) is 13.2 Å². The highest BCUT2D eigenvalue weighted by Crippen LogP contribution is 2.36. The molecule has 0 radical (unpaired) electrons. The maximum atomic E-state index is 13.1. The summed E-state index contributed by atoms with van der Waals surface area (Å²) in [4.78, 5) is 8.35. The Balaban J connectivity index is 1.81. The number of hydrogen-bond acceptors (Lipinski definition) is 7. The van der Waals surface area contributed by atoms with Crippen LogP contribution in [0.15, 0.2) is 47.3 Å². The molecular formula is C22H22F3N5OS. The lowest BCUT2D eigenvalue weighted by molar-refractivity contribution is -0.274. The molecular weight excluding hydrogens is 439 g/mol. The second-order valence-corrected chi connectivity index (χ2v) is 8.30. The number of nitrogens with two attached hydrogens (primary N) is 1. The lowest BCUT2D eigenvalue weighted by Gasteiger charge is -2.34. The summed E-state index contributed by atoms with van der Waals surface area (Å²) >= 11 is 1.47. The number of hydrogen-bond donors (Lipinski definition) is 2. The average Bonchev–Trinajstić information content (AvgIpc) is 3.28. The van der Waals surface area contributed by atoms with Crippen LogP contribution in [0.3, 0.4) is 0 Å². The summed E-state index contributed by atoms with van der Waals surface area (Å²) in [6.45, 7) is 3.15. The Morgan fingerprint density at radius 2 is 1.91 bits per heavy atom. The molecule has 3 N–H and O–H groups in total. The van der Waals surface area contributed by atoms with E-state index in [2.05, 4.69) is 19.5 Å². The van der Waals surface area contributed by atoms with Crippen molar-refractivity contribution in [3.63, 3.8) is 0 Å². The predicted octanol–water partition coefficient (Wildman–Crippen LogP) is 4.46. The SMILES string of the molecule is CN1CCN(c2ccc(OC(F)(F)F)c(C(=N)c3c(-c4ccsc4)ccnc3N)c2)CC1. The fourth-order valence-corrected chi connectivity index (χ4v) is 4.38. The summed E-state index contributed by atoms with van der Waals surface area (Å²) < 4.78 is 43.6. The number of aromatic nitrogens is 1. The van der Waals surface area contributed by atoms with Gasteiger partial charge in [0.1, 0.15) is 11.6 Å². The van der Waals surface area contributed by atoms with Gasteiger partial charge in [-0.3, -0.25) is 5.41 Å². The zero-order valence-corrected chi connectivity index (χ0v) is 18.1. The lowest BCUT2D eigenvalue weighted by atomic mass is 9.94. The van der Waals surface area contributed by atoms with Gasteiger partial charge >= 0.3 is 6.36 Å². The highest BCUT2D eigenvalue weighted by atomic mass is 32.1. The van der Waals surface area contributed by atoms with Gasteiger partial charge in [-0.1, -0.05) is 0 Å². The standard InChI is InChI=1S/C22H22F3N5OS/c1-29-7-9-30(10-8-29)15-2-3-18(31-22(23,24)25)17(12-15)20(26)19-16(4-6-28-21(19)27)14-5-11-32-13-14/h2-6,11-13,26H,7-10H2,1H3,(H2,27,28). The first-order chi connectivity index (χ1) is 15.2. The monoisotopic (exact) mass is 461 g/mol. The number of likely N-dealkylation sites (N-methyl/N-ethyl adjacent to an activating group) is 1. The minimum Gasteiger partial charge on any atom is -0.405 e. The van der Waals surface area contributed by atoms with Gasteiger partial charge in [-0.2, -0.15) is 11.3 Å². The van der Waals surface area contributed by atoms with Crippen LogP contribution in [0.4, 0.5) is 24.7 Å². The molecule has 1 aromatic carbocycles. The van der Waals surface area contributed by atoms with Crippen molar-refractivity contribution in [3.05, 3.63) is 58.4 Å². The van der Waals surface area contributed by atoms with E-state index in [1.54, 1.807) is 18.2 Å². The van der Waals surface area contributed by atoms with Crippen LogP contribution in [-0.2, 0) is 0 Å². The van der Waals surface area contributed by atoms with Crippen molar-refractivity contribution in [2.24, 2.45) is 0 Å². The van der Waals surface area contributed by atoms with Gasteiger partial charge in [-0.05, 0) is 59.3 Å². The van der Waals surface area contributed by atoms with Gasteiger partial charge in [0.25, 0.3) is 0 Å². The normalized spacial score (nSPS) is 15.1. The van der Waals surface area contributed by atoms with Gasteiger partial charge in [0.15, 0.2) is 0 Å². The van der Waals surface area contributed by atoms with Crippen LogP contribution in [0.5, 0.6) is 5.75 Å². The number of thiophene rings is 1. The van der Waals surface area contributed by atoms with Crippen molar-refractivity contribution in [1.82, 2.24) is 9.88 Å². The Kier molecular flexibility index (Phi) is 6.07. The first-order valence-corrected chi connectivity index (χ1v) is 10.9. The predicted molar refractivity (Wildman–Crippen MR) is 121 cm³/mol. The molecule has 1 aliphatic heterocycles. The number of piperazine rings is 1. The number of pyridine rings is 1. The summed E-state index contributed by atoms with van der Waals surface area (Å²) in [5, 5.41) is 12.6. The number of nitrogen functional groups attached to an aromatic ring is 1. The number of anilines is 2. The van der Waals surface area contributed by atoms with Crippen LogP contribution < -0.4 is 15.4 Å². The molecule has 10 heteroatoms. The zero-order valence-electron chi connectivity index (χ0n) is 17.3. The minimum atomic E-state index is -4.89. The van der Waals surface area contributed by atoms with Crippen LogP contribution >= 0.6 is 11.3 Å².